The maximum absolute atomic E-state index is 9.41. The fraction of sp³-hybridized carbons (Fsp3) is 0.714. The van der Waals surface area contributed by atoms with Gasteiger partial charge >= 0.3 is 0 Å². The maximum atomic E-state index is 9.41. The molecule has 15 heavy (non-hydrogen) atoms. The van der Waals surface area contributed by atoms with Gasteiger partial charge in [0.05, 0.1) is 6.10 Å². The van der Waals surface area contributed by atoms with Gasteiger partial charge in [0.1, 0.15) is 0 Å². The number of allylic oxidation sites excluding steroid dienone is 3. The Morgan fingerprint density at radius 1 is 1.47 bits per heavy atom. The lowest BCUT2D eigenvalue weighted by atomic mass is 9.77. The van der Waals surface area contributed by atoms with Crippen LogP contribution in [0.2, 0.25) is 0 Å². The Morgan fingerprint density at radius 3 is 2.47 bits per heavy atom. The van der Waals surface area contributed by atoms with E-state index in [4.69, 9.17) is 0 Å². The Morgan fingerprint density at radius 2 is 2.07 bits per heavy atom. The molecule has 1 rings (SSSR count). The molecule has 1 heteroatoms. The van der Waals surface area contributed by atoms with Crippen LogP contribution in [-0.2, 0) is 0 Å². The Bertz CT molecular complexity index is 271. The maximum Gasteiger partial charge on any atom is 0.0572 e. The Kier molecular flexibility index (Phi) is 3.77. The van der Waals surface area contributed by atoms with E-state index in [2.05, 4.69) is 45.9 Å². The summed E-state index contributed by atoms with van der Waals surface area (Å²) in [4.78, 5) is 0. The van der Waals surface area contributed by atoms with E-state index in [0.29, 0.717) is 5.92 Å². The van der Waals surface area contributed by atoms with E-state index in [1.807, 2.05) is 6.92 Å². The van der Waals surface area contributed by atoms with Crippen molar-refractivity contribution < 1.29 is 5.11 Å². The molecule has 0 saturated heterocycles. The first-order valence-corrected chi connectivity index (χ1v) is 5.89. The monoisotopic (exact) mass is 208 g/mol. The summed E-state index contributed by atoms with van der Waals surface area (Å²) >= 11 is 0. The molecular weight excluding hydrogens is 184 g/mol. The highest BCUT2D eigenvalue weighted by atomic mass is 16.3. The van der Waals surface area contributed by atoms with Crippen LogP contribution in [0.4, 0.5) is 0 Å². The number of hydrogen-bond donors (Lipinski definition) is 1. The van der Waals surface area contributed by atoms with Crippen LogP contribution in [0.5, 0.6) is 0 Å². The van der Waals surface area contributed by atoms with Crippen LogP contribution in [0.25, 0.3) is 0 Å². The highest BCUT2D eigenvalue weighted by Crippen LogP contribution is 2.43. The normalized spacial score (nSPS) is 29.2. The predicted molar refractivity (Wildman–Crippen MR) is 65.6 cm³/mol. The number of hydrogen-bond acceptors (Lipinski definition) is 1. The van der Waals surface area contributed by atoms with Crippen LogP contribution in [0.1, 0.15) is 41.0 Å². The molecule has 0 spiro atoms. The van der Waals surface area contributed by atoms with Crippen molar-refractivity contribution in [2.75, 3.05) is 0 Å². The molecule has 0 saturated carbocycles. The van der Waals surface area contributed by atoms with E-state index in [1.165, 1.54) is 5.57 Å². The second-order valence-corrected chi connectivity index (χ2v) is 5.44. The van der Waals surface area contributed by atoms with Crippen molar-refractivity contribution in [2.45, 2.75) is 47.1 Å². The average Bonchev–Trinajstić information content (AvgIpc) is 2.39. The average molecular weight is 208 g/mol. The summed E-state index contributed by atoms with van der Waals surface area (Å²) in [5.74, 6) is 0.848. The molecule has 1 aliphatic rings. The van der Waals surface area contributed by atoms with Gasteiger partial charge in [-0.3, -0.25) is 0 Å². The van der Waals surface area contributed by atoms with Gasteiger partial charge in [-0.2, -0.15) is 0 Å². The number of aliphatic hydroxyl groups excluding tert-OH is 1. The molecule has 3 atom stereocenters. The van der Waals surface area contributed by atoms with Crippen molar-refractivity contribution in [1.29, 1.82) is 0 Å². The van der Waals surface area contributed by atoms with Gasteiger partial charge < -0.3 is 5.11 Å². The number of aliphatic hydroxyl groups is 1. The molecule has 0 unspecified atom stereocenters. The quantitative estimate of drug-likeness (QED) is 0.703. The molecule has 0 aromatic heterocycles. The van der Waals surface area contributed by atoms with Gasteiger partial charge in [-0.15, -0.1) is 0 Å². The first-order valence-electron chi connectivity index (χ1n) is 5.89. The molecule has 0 bridgehead atoms. The molecular formula is C14H24O. The topological polar surface area (TPSA) is 20.2 Å². The predicted octanol–water partition coefficient (Wildman–Crippen LogP) is 3.55. The third-order valence-corrected chi connectivity index (χ3v) is 4.03. The highest BCUT2D eigenvalue weighted by molar-refractivity contribution is 5.22. The standard InChI is InChI=1S/C14H24O/c1-10(12(3)15)6-8-13-9-7-11(2)14(13,4)5/h6-8,10,12-13,15H,9H2,1-5H3/b8-6+/t10-,12+,13+/m1/s1. The van der Waals surface area contributed by atoms with Crippen LogP contribution >= 0.6 is 0 Å². The largest absolute Gasteiger partial charge is 0.393 e. The molecule has 1 N–H and O–H groups in total. The molecule has 0 aromatic rings. The van der Waals surface area contributed by atoms with Gasteiger partial charge in [0, 0.05) is 0 Å². The van der Waals surface area contributed by atoms with E-state index in [0.717, 1.165) is 6.42 Å². The van der Waals surface area contributed by atoms with Crippen molar-refractivity contribution in [3.8, 4) is 0 Å². The van der Waals surface area contributed by atoms with Gasteiger partial charge in [0.15, 0.2) is 0 Å². The van der Waals surface area contributed by atoms with Crippen LogP contribution in [0.15, 0.2) is 23.8 Å². The second-order valence-electron chi connectivity index (χ2n) is 5.44. The summed E-state index contributed by atoms with van der Waals surface area (Å²) in [6, 6.07) is 0. The zero-order chi connectivity index (χ0) is 11.6. The molecule has 0 amide bonds. The van der Waals surface area contributed by atoms with E-state index in [-0.39, 0.29) is 17.4 Å². The lowest BCUT2D eigenvalue weighted by molar-refractivity contribution is 0.156. The molecule has 0 aromatic carbocycles. The fourth-order valence-electron chi connectivity index (χ4n) is 1.94. The SMILES string of the molecule is CC1=CC[C@H](/C=C/[C@@H](C)[C@H](C)O)C1(C)C. The van der Waals surface area contributed by atoms with Crippen LogP contribution in [-0.4, -0.2) is 11.2 Å². The minimum atomic E-state index is -0.250. The lowest BCUT2D eigenvalue weighted by Crippen LogP contribution is -2.19. The Balaban J connectivity index is 2.62. The summed E-state index contributed by atoms with van der Waals surface area (Å²) in [7, 11) is 0. The molecule has 0 aliphatic heterocycles. The van der Waals surface area contributed by atoms with E-state index < -0.39 is 0 Å². The van der Waals surface area contributed by atoms with Crippen molar-refractivity contribution in [1.82, 2.24) is 0 Å². The van der Waals surface area contributed by atoms with E-state index in [1.54, 1.807) is 0 Å². The third-order valence-electron chi connectivity index (χ3n) is 4.03. The highest BCUT2D eigenvalue weighted by Gasteiger charge is 2.32. The molecule has 0 heterocycles. The summed E-state index contributed by atoms with van der Waals surface area (Å²) in [6.45, 7) is 10.7. The van der Waals surface area contributed by atoms with E-state index in [9.17, 15) is 5.11 Å². The molecule has 86 valence electrons. The van der Waals surface area contributed by atoms with Crippen LogP contribution in [0, 0.1) is 17.3 Å². The van der Waals surface area contributed by atoms with Gasteiger partial charge in [0.2, 0.25) is 0 Å². The van der Waals surface area contributed by atoms with Crippen molar-refractivity contribution in [3.63, 3.8) is 0 Å². The Labute approximate surface area is 93.9 Å². The zero-order valence-electron chi connectivity index (χ0n) is 10.6. The first kappa shape index (κ1) is 12.5. The smallest absolute Gasteiger partial charge is 0.0572 e. The fourth-order valence-corrected chi connectivity index (χ4v) is 1.94. The third kappa shape index (κ3) is 2.72. The minimum Gasteiger partial charge on any atom is -0.393 e. The zero-order valence-corrected chi connectivity index (χ0v) is 10.6. The Hall–Kier alpha value is -0.560. The summed E-state index contributed by atoms with van der Waals surface area (Å²) < 4.78 is 0. The van der Waals surface area contributed by atoms with Gasteiger partial charge in [-0.25, -0.2) is 0 Å². The first-order chi connectivity index (χ1) is 6.85. The van der Waals surface area contributed by atoms with Crippen LogP contribution in [0.3, 0.4) is 0 Å². The molecule has 1 nitrogen and oxygen atoms in total. The molecule has 1 aliphatic carbocycles. The lowest BCUT2D eigenvalue weighted by Gasteiger charge is -2.27. The molecule has 0 fully saturated rings. The van der Waals surface area contributed by atoms with Crippen molar-refractivity contribution in [2.24, 2.45) is 17.3 Å². The molecule has 0 radical (unpaired) electrons. The van der Waals surface area contributed by atoms with Crippen molar-refractivity contribution in [3.05, 3.63) is 23.8 Å². The van der Waals surface area contributed by atoms with Gasteiger partial charge in [-0.1, -0.05) is 44.6 Å². The van der Waals surface area contributed by atoms with Gasteiger partial charge in [-0.05, 0) is 37.5 Å². The minimum absolute atomic E-state index is 0.250. The van der Waals surface area contributed by atoms with Crippen LogP contribution < -0.4 is 0 Å². The number of rotatable bonds is 3. The second kappa shape index (κ2) is 4.52. The summed E-state index contributed by atoms with van der Waals surface area (Å²) in [6.07, 6.45) is 7.66. The summed E-state index contributed by atoms with van der Waals surface area (Å²) in [5, 5.41) is 9.41. The van der Waals surface area contributed by atoms with Crippen molar-refractivity contribution >= 4 is 0 Å². The van der Waals surface area contributed by atoms with E-state index >= 15 is 0 Å². The van der Waals surface area contributed by atoms with Gasteiger partial charge in [0.25, 0.3) is 0 Å². The summed E-state index contributed by atoms with van der Waals surface area (Å²) in [5.41, 5.74) is 1.77.